The number of nitrogens with zero attached hydrogens (tertiary/aromatic N) is 1. The molecule has 1 N–H and O–H groups in total. The summed E-state index contributed by atoms with van der Waals surface area (Å²) in [5.74, 6) is 0. The third-order valence-corrected chi connectivity index (χ3v) is 2.73. The SMILES string of the molecule is CNC(COC(C)C)C1CN(C)CCO1. The highest BCUT2D eigenvalue weighted by atomic mass is 16.5. The van der Waals surface area contributed by atoms with Gasteiger partial charge in [0, 0.05) is 13.1 Å². The van der Waals surface area contributed by atoms with E-state index in [0.717, 1.165) is 19.7 Å². The molecule has 0 aromatic carbocycles. The molecule has 4 heteroatoms. The molecule has 1 aliphatic rings. The average molecular weight is 216 g/mol. The highest BCUT2D eigenvalue weighted by Crippen LogP contribution is 2.08. The molecule has 1 saturated heterocycles. The lowest BCUT2D eigenvalue weighted by Crippen LogP contribution is -2.52. The highest BCUT2D eigenvalue weighted by molar-refractivity contribution is 4.81. The quantitative estimate of drug-likeness (QED) is 0.718. The Morgan fingerprint density at radius 2 is 2.27 bits per heavy atom. The van der Waals surface area contributed by atoms with E-state index in [-0.39, 0.29) is 18.2 Å². The van der Waals surface area contributed by atoms with Gasteiger partial charge < -0.3 is 19.7 Å². The Balaban J connectivity index is 2.35. The van der Waals surface area contributed by atoms with Crippen LogP contribution in [0.2, 0.25) is 0 Å². The number of morpholine rings is 1. The van der Waals surface area contributed by atoms with Gasteiger partial charge in [0.05, 0.1) is 31.5 Å². The molecule has 0 bridgehead atoms. The van der Waals surface area contributed by atoms with E-state index in [4.69, 9.17) is 9.47 Å². The molecule has 0 radical (unpaired) electrons. The number of ether oxygens (including phenoxy) is 2. The molecule has 15 heavy (non-hydrogen) atoms. The number of nitrogens with one attached hydrogen (secondary N) is 1. The van der Waals surface area contributed by atoms with Gasteiger partial charge in [-0.05, 0) is 27.9 Å². The van der Waals surface area contributed by atoms with Crippen molar-refractivity contribution < 1.29 is 9.47 Å². The van der Waals surface area contributed by atoms with Crippen molar-refractivity contribution in [2.45, 2.75) is 32.1 Å². The van der Waals surface area contributed by atoms with Gasteiger partial charge in [-0.25, -0.2) is 0 Å². The van der Waals surface area contributed by atoms with Crippen molar-refractivity contribution in [1.29, 1.82) is 0 Å². The Labute approximate surface area is 92.9 Å². The zero-order chi connectivity index (χ0) is 11.3. The first-order valence-electron chi connectivity index (χ1n) is 5.72. The number of rotatable bonds is 5. The fourth-order valence-electron chi connectivity index (χ4n) is 1.73. The van der Waals surface area contributed by atoms with E-state index in [1.165, 1.54) is 0 Å². The third-order valence-electron chi connectivity index (χ3n) is 2.73. The molecule has 1 aliphatic heterocycles. The van der Waals surface area contributed by atoms with Gasteiger partial charge in [-0.15, -0.1) is 0 Å². The molecule has 0 aromatic heterocycles. The summed E-state index contributed by atoms with van der Waals surface area (Å²) in [6, 6.07) is 0.287. The first-order chi connectivity index (χ1) is 7.13. The summed E-state index contributed by atoms with van der Waals surface area (Å²) < 4.78 is 11.4. The van der Waals surface area contributed by atoms with Gasteiger partial charge in [0.15, 0.2) is 0 Å². The van der Waals surface area contributed by atoms with Gasteiger partial charge in [-0.3, -0.25) is 0 Å². The predicted octanol–water partition coefficient (Wildman–Crippen LogP) is 0.330. The molecule has 0 aromatic rings. The number of hydrogen-bond acceptors (Lipinski definition) is 4. The molecule has 0 saturated carbocycles. The van der Waals surface area contributed by atoms with Crippen molar-refractivity contribution in [3.8, 4) is 0 Å². The molecule has 2 unspecified atom stereocenters. The first kappa shape index (κ1) is 12.9. The highest BCUT2D eigenvalue weighted by Gasteiger charge is 2.25. The van der Waals surface area contributed by atoms with Crippen LogP contribution in [0.15, 0.2) is 0 Å². The van der Waals surface area contributed by atoms with Crippen LogP contribution < -0.4 is 5.32 Å². The van der Waals surface area contributed by atoms with Gasteiger partial charge in [0.25, 0.3) is 0 Å². The lowest BCUT2D eigenvalue weighted by molar-refractivity contribution is -0.0593. The van der Waals surface area contributed by atoms with E-state index in [0.29, 0.717) is 6.61 Å². The maximum Gasteiger partial charge on any atom is 0.0877 e. The minimum Gasteiger partial charge on any atom is -0.377 e. The predicted molar refractivity (Wildman–Crippen MR) is 61.2 cm³/mol. The molecule has 0 amide bonds. The minimum atomic E-state index is 0.243. The van der Waals surface area contributed by atoms with Crippen molar-refractivity contribution >= 4 is 0 Å². The van der Waals surface area contributed by atoms with Crippen LogP contribution in [0.5, 0.6) is 0 Å². The van der Waals surface area contributed by atoms with Crippen LogP contribution in [0.4, 0.5) is 0 Å². The molecule has 0 spiro atoms. The number of hydrogen-bond donors (Lipinski definition) is 1. The first-order valence-corrected chi connectivity index (χ1v) is 5.72. The Morgan fingerprint density at radius 3 is 2.80 bits per heavy atom. The number of likely N-dealkylation sites (N-methyl/N-ethyl adjacent to an activating group) is 2. The smallest absolute Gasteiger partial charge is 0.0877 e. The molecular formula is C11H24N2O2. The summed E-state index contributed by atoms with van der Waals surface area (Å²) in [5.41, 5.74) is 0. The zero-order valence-electron chi connectivity index (χ0n) is 10.3. The summed E-state index contributed by atoms with van der Waals surface area (Å²) in [7, 11) is 4.10. The van der Waals surface area contributed by atoms with Gasteiger partial charge in [0.2, 0.25) is 0 Å². The van der Waals surface area contributed by atoms with Crippen molar-refractivity contribution in [2.24, 2.45) is 0 Å². The standard InChI is InChI=1S/C11H24N2O2/c1-9(2)15-8-10(12-3)11-7-13(4)5-6-14-11/h9-12H,5-8H2,1-4H3. The van der Waals surface area contributed by atoms with Gasteiger partial charge in [-0.1, -0.05) is 0 Å². The second kappa shape index (κ2) is 6.43. The Morgan fingerprint density at radius 1 is 1.53 bits per heavy atom. The van der Waals surface area contributed by atoms with E-state index < -0.39 is 0 Å². The van der Waals surface area contributed by atoms with Crippen LogP contribution >= 0.6 is 0 Å². The molecule has 2 atom stereocenters. The fraction of sp³-hybridized carbons (Fsp3) is 1.00. The molecule has 4 nitrogen and oxygen atoms in total. The summed E-state index contributed by atoms with van der Waals surface area (Å²) in [5, 5.41) is 3.27. The summed E-state index contributed by atoms with van der Waals surface area (Å²) in [6.45, 7) is 7.65. The molecule has 90 valence electrons. The van der Waals surface area contributed by atoms with Crippen molar-refractivity contribution in [3.63, 3.8) is 0 Å². The lowest BCUT2D eigenvalue weighted by atomic mass is 10.1. The van der Waals surface area contributed by atoms with Gasteiger partial charge in [0.1, 0.15) is 0 Å². The van der Waals surface area contributed by atoms with Crippen LogP contribution in [-0.2, 0) is 9.47 Å². The van der Waals surface area contributed by atoms with Crippen LogP contribution in [0.1, 0.15) is 13.8 Å². The largest absolute Gasteiger partial charge is 0.377 e. The maximum absolute atomic E-state index is 5.75. The third kappa shape index (κ3) is 4.47. The molecule has 1 rings (SSSR count). The topological polar surface area (TPSA) is 33.7 Å². The molecule has 1 fully saturated rings. The molecule has 1 heterocycles. The second-order valence-corrected chi connectivity index (χ2v) is 4.45. The van der Waals surface area contributed by atoms with Crippen LogP contribution in [0.25, 0.3) is 0 Å². The summed E-state index contributed by atoms with van der Waals surface area (Å²) >= 11 is 0. The van der Waals surface area contributed by atoms with Crippen LogP contribution in [0.3, 0.4) is 0 Å². The summed E-state index contributed by atoms with van der Waals surface area (Å²) in [6.07, 6.45) is 0.523. The van der Waals surface area contributed by atoms with Crippen LogP contribution in [0, 0.1) is 0 Å². The average Bonchev–Trinajstić information content (AvgIpc) is 2.18. The van der Waals surface area contributed by atoms with E-state index in [2.05, 4.69) is 31.1 Å². The van der Waals surface area contributed by atoms with Crippen molar-refractivity contribution in [1.82, 2.24) is 10.2 Å². The summed E-state index contributed by atoms with van der Waals surface area (Å²) in [4.78, 5) is 2.30. The maximum atomic E-state index is 5.75. The fourth-order valence-corrected chi connectivity index (χ4v) is 1.73. The van der Waals surface area contributed by atoms with E-state index in [1.54, 1.807) is 0 Å². The second-order valence-electron chi connectivity index (χ2n) is 4.45. The van der Waals surface area contributed by atoms with Crippen LogP contribution in [-0.4, -0.2) is 63.5 Å². The van der Waals surface area contributed by atoms with E-state index >= 15 is 0 Å². The minimum absolute atomic E-state index is 0.243. The van der Waals surface area contributed by atoms with Crippen molar-refractivity contribution in [2.75, 3.05) is 40.4 Å². The van der Waals surface area contributed by atoms with Gasteiger partial charge in [-0.2, -0.15) is 0 Å². The normalized spacial score (nSPS) is 25.8. The molecular weight excluding hydrogens is 192 g/mol. The van der Waals surface area contributed by atoms with Crippen molar-refractivity contribution in [3.05, 3.63) is 0 Å². The Bertz CT molecular complexity index is 176. The van der Waals surface area contributed by atoms with E-state index in [1.807, 2.05) is 7.05 Å². The Hall–Kier alpha value is -0.160. The zero-order valence-corrected chi connectivity index (χ0v) is 10.3. The Kier molecular flexibility index (Phi) is 5.53. The van der Waals surface area contributed by atoms with Gasteiger partial charge >= 0.3 is 0 Å². The lowest BCUT2D eigenvalue weighted by Gasteiger charge is -2.35. The van der Waals surface area contributed by atoms with E-state index in [9.17, 15) is 0 Å². The molecule has 0 aliphatic carbocycles. The monoisotopic (exact) mass is 216 g/mol.